The molecule has 3 rings (SSSR count). The maximum Gasteiger partial charge on any atom is 0.344 e. The lowest BCUT2D eigenvalue weighted by Gasteiger charge is -2.12. The predicted molar refractivity (Wildman–Crippen MR) is 74.8 cm³/mol. The van der Waals surface area contributed by atoms with Crippen molar-refractivity contribution in [2.24, 2.45) is 0 Å². The van der Waals surface area contributed by atoms with Crippen LogP contribution in [0.2, 0.25) is 0 Å². The van der Waals surface area contributed by atoms with Crippen molar-refractivity contribution in [3.8, 4) is 5.75 Å². The molecule has 0 aliphatic carbocycles. The number of carbonyl (C=O) groups is 1. The van der Waals surface area contributed by atoms with Crippen LogP contribution in [-0.4, -0.2) is 21.5 Å². The van der Waals surface area contributed by atoms with Crippen molar-refractivity contribution in [1.29, 1.82) is 0 Å². The molecule has 2 aromatic rings. The number of benzene rings is 2. The smallest absolute Gasteiger partial charge is 0.344 e. The lowest BCUT2D eigenvalue weighted by Crippen LogP contribution is -2.13. The zero-order valence-corrected chi connectivity index (χ0v) is 12.0. The summed E-state index contributed by atoms with van der Waals surface area (Å²) in [6.45, 7) is 0. The third-order valence-corrected chi connectivity index (χ3v) is 5.15. The molecule has 0 fully saturated rings. The number of esters is 1. The summed E-state index contributed by atoms with van der Waals surface area (Å²) in [5, 5.41) is 0. The number of carbonyl (C=O) groups excluding carboxylic acids is 1. The zero-order chi connectivity index (χ0) is 15.0. The Kier molecular flexibility index (Phi) is 3.17. The Morgan fingerprint density at radius 2 is 1.76 bits per heavy atom. The number of hydrogen-bond donors (Lipinski definition) is 0. The van der Waals surface area contributed by atoms with Crippen molar-refractivity contribution in [2.75, 3.05) is 7.11 Å². The third-order valence-electron chi connectivity index (χ3n) is 3.30. The van der Waals surface area contributed by atoms with Crippen molar-refractivity contribution in [3.05, 3.63) is 59.7 Å². The van der Waals surface area contributed by atoms with Gasteiger partial charge in [-0.05, 0) is 18.2 Å². The Bertz CT molecular complexity index is 796. The van der Waals surface area contributed by atoms with Crippen LogP contribution < -0.4 is 4.74 Å². The van der Waals surface area contributed by atoms with E-state index in [2.05, 4.69) is 0 Å². The van der Waals surface area contributed by atoms with Crippen LogP contribution >= 0.6 is 0 Å². The summed E-state index contributed by atoms with van der Waals surface area (Å²) in [5.41, 5.74) is -0.856. The molecule has 5 nitrogen and oxygen atoms in total. The highest BCUT2D eigenvalue weighted by molar-refractivity contribution is 7.91. The average Bonchev–Trinajstić information content (AvgIpc) is 2.86. The minimum absolute atomic E-state index is 0.110. The molecule has 2 aromatic carbocycles. The molecule has 108 valence electrons. The van der Waals surface area contributed by atoms with Crippen LogP contribution in [-0.2, 0) is 14.6 Å². The van der Waals surface area contributed by atoms with E-state index in [1.165, 1.54) is 19.2 Å². The van der Waals surface area contributed by atoms with E-state index >= 15 is 0 Å². The fourth-order valence-electron chi connectivity index (χ4n) is 2.32. The van der Waals surface area contributed by atoms with Crippen LogP contribution in [0.3, 0.4) is 0 Å². The summed E-state index contributed by atoms with van der Waals surface area (Å²) in [6.07, 6.45) is 0. The molecule has 1 atom stereocenters. The SMILES string of the molecule is COc1cccc2c1C(=O)OC2S(=O)(=O)c1ccccc1. The molecule has 0 spiro atoms. The van der Waals surface area contributed by atoms with Gasteiger partial charge in [0, 0.05) is 5.56 Å². The van der Waals surface area contributed by atoms with Crippen LogP contribution in [0.4, 0.5) is 0 Å². The average molecular weight is 304 g/mol. The highest BCUT2D eigenvalue weighted by Gasteiger charge is 2.42. The second-order valence-electron chi connectivity index (χ2n) is 4.52. The fourth-order valence-corrected chi connectivity index (χ4v) is 3.85. The molecular weight excluding hydrogens is 292 g/mol. The molecule has 1 aliphatic heterocycles. The number of sulfone groups is 1. The summed E-state index contributed by atoms with van der Waals surface area (Å²) < 4.78 is 35.4. The molecule has 1 aliphatic rings. The highest BCUT2D eigenvalue weighted by atomic mass is 32.2. The van der Waals surface area contributed by atoms with E-state index in [0.717, 1.165) is 0 Å². The Hall–Kier alpha value is -2.34. The van der Waals surface area contributed by atoms with E-state index in [4.69, 9.17) is 9.47 Å². The molecule has 0 saturated heterocycles. The standard InChI is InChI=1S/C15H12O5S/c1-19-12-9-5-8-11-13(12)14(16)20-15(11)21(17,18)10-6-3-2-4-7-10/h2-9,15H,1H3. The van der Waals surface area contributed by atoms with Crippen molar-refractivity contribution in [3.63, 3.8) is 0 Å². The molecule has 1 heterocycles. The van der Waals surface area contributed by atoms with Crippen molar-refractivity contribution in [2.45, 2.75) is 10.3 Å². The van der Waals surface area contributed by atoms with Gasteiger partial charge in [-0.3, -0.25) is 0 Å². The Labute approximate surface area is 122 Å². The van der Waals surface area contributed by atoms with Crippen LogP contribution in [0.5, 0.6) is 5.75 Å². The summed E-state index contributed by atoms with van der Waals surface area (Å²) in [4.78, 5) is 12.1. The molecule has 1 unspecified atom stereocenters. The predicted octanol–water partition coefficient (Wildman–Crippen LogP) is 2.34. The van der Waals surface area contributed by atoms with E-state index < -0.39 is 21.2 Å². The van der Waals surface area contributed by atoms with Crippen LogP contribution in [0.25, 0.3) is 0 Å². The lowest BCUT2D eigenvalue weighted by molar-refractivity contribution is 0.0506. The van der Waals surface area contributed by atoms with Gasteiger partial charge in [0.1, 0.15) is 11.3 Å². The zero-order valence-electron chi connectivity index (χ0n) is 11.1. The number of methoxy groups -OCH3 is 1. The van der Waals surface area contributed by atoms with Gasteiger partial charge >= 0.3 is 5.97 Å². The second-order valence-corrected chi connectivity index (χ2v) is 6.51. The van der Waals surface area contributed by atoms with E-state index in [1.807, 2.05) is 0 Å². The van der Waals surface area contributed by atoms with Gasteiger partial charge in [0.15, 0.2) is 0 Å². The van der Waals surface area contributed by atoms with Gasteiger partial charge in [-0.2, -0.15) is 0 Å². The van der Waals surface area contributed by atoms with Gasteiger partial charge in [-0.1, -0.05) is 30.3 Å². The van der Waals surface area contributed by atoms with Gasteiger partial charge in [0.2, 0.25) is 15.3 Å². The van der Waals surface area contributed by atoms with E-state index in [0.29, 0.717) is 11.3 Å². The minimum atomic E-state index is -3.81. The highest BCUT2D eigenvalue weighted by Crippen LogP contribution is 2.41. The summed E-state index contributed by atoms with van der Waals surface area (Å²) in [6, 6.07) is 12.7. The Balaban J connectivity index is 2.15. The molecule has 21 heavy (non-hydrogen) atoms. The first-order valence-corrected chi connectivity index (χ1v) is 7.77. The summed E-state index contributed by atoms with van der Waals surface area (Å²) >= 11 is 0. The molecule has 0 N–H and O–H groups in total. The summed E-state index contributed by atoms with van der Waals surface area (Å²) in [7, 11) is -2.39. The molecule has 0 amide bonds. The van der Waals surface area contributed by atoms with Crippen molar-refractivity contribution in [1.82, 2.24) is 0 Å². The first-order chi connectivity index (χ1) is 10.1. The number of cyclic esters (lactones) is 1. The third kappa shape index (κ3) is 2.08. The molecule has 6 heteroatoms. The van der Waals surface area contributed by atoms with Gasteiger partial charge in [-0.15, -0.1) is 0 Å². The Morgan fingerprint density at radius 3 is 2.43 bits per heavy atom. The van der Waals surface area contributed by atoms with Gasteiger partial charge in [0.25, 0.3) is 0 Å². The number of hydrogen-bond acceptors (Lipinski definition) is 5. The maximum absolute atomic E-state index is 12.6. The number of ether oxygens (including phenoxy) is 2. The molecule has 0 aromatic heterocycles. The minimum Gasteiger partial charge on any atom is -0.496 e. The van der Waals surface area contributed by atoms with Crippen LogP contribution in [0, 0.1) is 0 Å². The molecule has 0 bridgehead atoms. The van der Waals surface area contributed by atoms with E-state index in [9.17, 15) is 13.2 Å². The van der Waals surface area contributed by atoms with Crippen LogP contribution in [0.1, 0.15) is 21.4 Å². The van der Waals surface area contributed by atoms with Gasteiger partial charge in [0.05, 0.1) is 12.0 Å². The number of fused-ring (bicyclic) bond motifs is 1. The largest absolute Gasteiger partial charge is 0.496 e. The topological polar surface area (TPSA) is 69.7 Å². The second kappa shape index (κ2) is 4.89. The normalized spacial score (nSPS) is 17.2. The van der Waals surface area contributed by atoms with Crippen molar-refractivity contribution < 1.29 is 22.7 Å². The molecular formula is C15H12O5S. The quantitative estimate of drug-likeness (QED) is 0.814. The van der Waals surface area contributed by atoms with Crippen molar-refractivity contribution >= 4 is 15.8 Å². The fraction of sp³-hybridized carbons (Fsp3) is 0.133. The van der Waals surface area contributed by atoms with E-state index in [1.54, 1.807) is 36.4 Å². The Morgan fingerprint density at radius 1 is 1.05 bits per heavy atom. The molecule has 0 saturated carbocycles. The summed E-state index contributed by atoms with van der Waals surface area (Å²) in [5.74, 6) is -0.379. The monoisotopic (exact) mass is 304 g/mol. The maximum atomic E-state index is 12.6. The van der Waals surface area contributed by atoms with Gasteiger partial charge in [-0.25, -0.2) is 13.2 Å². The first kappa shape index (κ1) is 13.6. The molecule has 0 radical (unpaired) electrons. The first-order valence-electron chi connectivity index (χ1n) is 6.22. The lowest BCUT2D eigenvalue weighted by atomic mass is 10.1. The van der Waals surface area contributed by atoms with Gasteiger partial charge < -0.3 is 9.47 Å². The van der Waals surface area contributed by atoms with Crippen LogP contribution in [0.15, 0.2) is 53.4 Å². The van der Waals surface area contributed by atoms with E-state index in [-0.39, 0.29) is 10.5 Å². The number of rotatable bonds is 3.